The van der Waals surface area contributed by atoms with Gasteiger partial charge in [0.05, 0.1) is 38.2 Å². The van der Waals surface area contributed by atoms with E-state index in [1.54, 1.807) is 11.8 Å². The van der Waals surface area contributed by atoms with Crippen LogP contribution in [-0.2, 0) is 25.7 Å². The number of carbonyl (C=O) groups is 3. The van der Waals surface area contributed by atoms with E-state index in [4.69, 9.17) is 9.47 Å². The van der Waals surface area contributed by atoms with Crippen LogP contribution in [0.15, 0.2) is 42.5 Å². The van der Waals surface area contributed by atoms with Crippen LogP contribution in [0, 0.1) is 17.6 Å². The molecule has 2 aromatic carbocycles. The maximum absolute atomic E-state index is 14.0. The molecule has 0 aliphatic carbocycles. The maximum atomic E-state index is 14.0. The lowest BCUT2D eigenvalue weighted by molar-refractivity contribution is -0.139. The van der Waals surface area contributed by atoms with E-state index in [2.05, 4.69) is 5.32 Å². The van der Waals surface area contributed by atoms with Crippen LogP contribution in [0.4, 0.5) is 14.5 Å². The van der Waals surface area contributed by atoms with Gasteiger partial charge in [0.15, 0.2) is 17.3 Å². The first-order valence-electron chi connectivity index (χ1n) is 12.2. The number of carbonyl (C=O) groups excluding carboxylic acids is 3. The van der Waals surface area contributed by atoms with Crippen LogP contribution >= 0.6 is 0 Å². The number of ketones is 1. The SMILES string of the molecule is COc1cc(N2CCN(C(=O)C(COCc3ccccc3)CC3(C)NC(=O)CC3=O)CC2)cc(F)c1F. The topological polar surface area (TPSA) is 88.2 Å². The van der Waals surface area contributed by atoms with Gasteiger partial charge in [-0.05, 0) is 18.9 Å². The van der Waals surface area contributed by atoms with Gasteiger partial charge in [-0.15, -0.1) is 0 Å². The van der Waals surface area contributed by atoms with Crippen LogP contribution in [0.1, 0.15) is 25.3 Å². The zero-order chi connectivity index (χ0) is 26.6. The van der Waals surface area contributed by atoms with Crippen LogP contribution in [0.2, 0.25) is 0 Å². The number of benzene rings is 2. The van der Waals surface area contributed by atoms with Gasteiger partial charge in [-0.1, -0.05) is 30.3 Å². The van der Waals surface area contributed by atoms with Crippen molar-refractivity contribution in [1.82, 2.24) is 10.2 Å². The van der Waals surface area contributed by atoms with Crippen LogP contribution in [0.5, 0.6) is 5.75 Å². The van der Waals surface area contributed by atoms with Crippen molar-refractivity contribution < 1.29 is 32.6 Å². The molecule has 2 fully saturated rings. The average molecular weight is 516 g/mol. The Balaban J connectivity index is 1.43. The van der Waals surface area contributed by atoms with Gasteiger partial charge in [-0.2, -0.15) is 4.39 Å². The van der Waals surface area contributed by atoms with Crippen molar-refractivity contribution in [2.24, 2.45) is 5.92 Å². The van der Waals surface area contributed by atoms with Gasteiger partial charge in [0, 0.05) is 44.0 Å². The summed E-state index contributed by atoms with van der Waals surface area (Å²) in [6.45, 7) is 3.57. The van der Waals surface area contributed by atoms with Gasteiger partial charge in [0.2, 0.25) is 17.6 Å². The molecule has 2 aliphatic rings. The Morgan fingerprint density at radius 1 is 1.11 bits per heavy atom. The predicted molar refractivity (Wildman–Crippen MR) is 132 cm³/mol. The largest absolute Gasteiger partial charge is 0.493 e. The summed E-state index contributed by atoms with van der Waals surface area (Å²) in [5, 5.41) is 2.72. The number of anilines is 1. The van der Waals surface area contributed by atoms with Gasteiger partial charge in [0.1, 0.15) is 0 Å². The number of methoxy groups -OCH3 is 1. The van der Waals surface area contributed by atoms with Gasteiger partial charge in [-0.3, -0.25) is 14.4 Å². The summed E-state index contributed by atoms with van der Waals surface area (Å²) in [5.41, 5.74) is 0.301. The zero-order valence-electron chi connectivity index (χ0n) is 21.0. The molecule has 2 amide bonds. The molecule has 10 heteroatoms. The Morgan fingerprint density at radius 2 is 1.81 bits per heavy atom. The Labute approximate surface area is 214 Å². The minimum absolute atomic E-state index is 0.0903. The number of hydrogen-bond acceptors (Lipinski definition) is 6. The van der Waals surface area contributed by atoms with Crippen molar-refractivity contribution >= 4 is 23.3 Å². The highest BCUT2D eigenvalue weighted by molar-refractivity contribution is 6.10. The van der Waals surface area contributed by atoms with Gasteiger partial charge in [0.25, 0.3) is 0 Å². The molecule has 2 saturated heterocycles. The standard InChI is InChI=1S/C27H31F2N3O5/c1-27(23(33)14-24(34)30-27)15-19(17-37-16-18-6-4-3-5-7-18)26(35)32-10-8-31(9-11-32)20-12-21(28)25(29)22(13-20)36-2/h3-7,12-13,19H,8-11,14-17H2,1-2H3,(H,30,34). The second-order valence-electron chi connectivity index (χ2n) is 9.64. The van der Waals surface area contributed by atoms with E-state index in [9.17, 15) is 23.2 Å². The Kier molecular flexibility index (Phi) is 8.06. The number of rotatable bonds is 9. The molecule has 2 unspecified atom stereocenters. The molecule has 0 bridgehead atoms. The average Bonchev–Trinajstić information content (AvgIpc) is 3.15. The van der Waals surface area contributed by atoms with Gasteiger partial charge >= 0.3 is 0 Å². The van der Waals surface area contributed by atoms with Gasteiger partial charge < -0.3 is 24.6 Å². The highest BCUT2D eigenvalue weighted by Gasteiger charge is 2.45. The lowest BCUT2D eigenvalue weighted by Gasteiger charge is -2.38. The van der Waals surface area contributed by atoms with E-state index >= 15 is 0 Å². The van der Waals surface area contributed by atoms with Crippen molar-refractivity contribution in [3.63, 3.8) is 0 Å². The molecule has 0 radical (unpaired) electrons. The zero-order valence-corrected chi connectivity index (χ0v) is 21.0. The molecule has 0 saturated carbocycles. The fraction of sp³-hybridized carbons (Fsp3) is 0.444. The third-order valence-electron chi connectivity index (χ3n) is 6.94. The van der Waals surface area contributed by atoms with Crippen LogP contribution < -0.4 is 15.0 Å². The summed E-state index contributed by atoms with van der Waals surface area (Å²) in [5.74, 6) is -3.63. The third-order valence-corrected chi connectivity index (χ3v) is 6.94. The van der Waals surface area contributed by atoms with Crippen molar-refractivity contribution in [3.8, 4) is 5.75 Å². The van der Waals surface area contributed by atoms with Crippen LogP contribution in [0.25, 0.3) is 0 Å². The van der Waals surface area contributed by atoms with Crippen molar-refractivity contribution in [1.29, 1.82) is 0 Å². The Morgan fingerprint density at radius 3 is 2.43 bits per heavy atom. The lowest BCUT2D eigenvalue weighted by Crippen LogP contribution is -2.53. The quantitative estimate of drug-likeness (QED) is 0.517. The monoisotopic (exact) mass is 515 g/mol. The van der Waals surface area contributed by atoms with Crippen molar-refractivity contribution in [2.45, 2.75) is 31.9 Å². The molecule has 198 valence electrons. The molecule has 2 heterocycles. The first-order chi connectivity index (χ1) is 17.7. The van der Waals surface area contributed by atoms with E-state index in [1.807, 2.05) is 35.2 Å². The van der Waals surface area contributed by atoms with E-state index in [0.717, 1.165) is 11.6 Å². The molecule has 2 aromatic rings. The summed E-state index contributed by atoms with van der Waals surface area (Å²) in [4.78, 5) is 41.5. The van der Waals surface area contributed by atoms with E-state index in [-0.39, 0.29) is 42.8 Å². The Hall–Kier alpha value is -3.53. The number of hydrogen-bond donors (Lipinski definition) is 1. The number of piperazine rings is 1. The molecule has 1 N–H and O–H groups in total. The Bertz CT molecular complexity index is 1150. The van der Waals surface area contributed by atoms with Crippen LogP contribution in [-0.4, -0.2) is 67.9 Å². The molecule has 0 aromatic heterocycles. The first-order valence-corrected chi connectivity index (χ1v) is 12.2. The minimum Gasteiger partial charge on any atom is -0.493 e. The van der Waals surface area contributed by atoms with E-state index in [0.29, 0.717) is 38.5 Å². The highest BCUT2D eigenvalue weighted by Crippen LogP contribution is 2.29. The first kappa shape index (κ1) is 26.5. The summed E-state index contributed by atoms with van der Waals surface area (Å²) in [6, 6.07) is 12.1. The maximum Gasteiger partial charge on any atom is 0.228 e. The second kappa shape index (κ2) is 11.2. The molecular formula is C27H31F2N3O5. The van der Waals surface area contributed by atoms with Crippen molar-refractivity contribution in [2.75, 3.05) is 44.8 Å². The summed E-state index contributed by atoms with van der Waals surface area (Å²) >= 11 is 0. The third kappa shape index (κ3) is 6.07. The molecule has 8 nitrogen and oxygen atoms in total. The molecule has 2 aliphatic heterocycles. The fourth-order valence-corrected chi connectivity index (χ4v) is 4.86. The minimum atomic E-state index is -1.13. The smallest absolute Gasteiger partial charge is 0.228 e. The van der Waals surface area contributed by atoms with Gasteiger partial charge in [-0.25, -0.2) is 4.39 Å². The number of Topliss-reactive ketones (excluding diaryl/α,β-unsaturated/α-hetero) is 1. The fourth-order valence-electron chi connectivity index (χ4n) is 4.86. The number of ether oxygens (including phenoxy) is 2. The van der Waals surface area contributed by atoms with E-state index in [1.165, 1.54) is 13.2 Å². The normalized spacial score (nSPS) is 20.6. The molecule has 0 spiro atoms. The van der Waals surface area contributed by atoms with Crippen molar-refractivity contribution in [3.05, 3.63) is 59.7 Å². The number of nitrogens with one attached hydrogen (secondary N) is 1. The summed E-state index contributed by atoms with van der Waals surface area (Å²) < 4.78 is 38.6. The molecule has 2 atom stereocenters. The molecule has 37 heavy (non-hydrogen) atoms. The molecular weight excluding hydrogens is 484 g/mol. The number of amides is 2. The van der Waals surface area contributed by atoms with Crippen LogP contribution in [0.3, 0.4) is 0 Å². The summed E-state index contributed by atoms with van der Waals surface area (Å²) in [6.07, 6.45) is -0.0650. The molecule has 4 rings (SSSR count). The second-order valence-corrected chi connectivity index (χ2v) is 9.64. The lowest BCUT2D eigenvalue weighted by atomic mass is 9.86. The highest BCUT2D eigenvalue weighted by atomic mass is 19.2. The number of nitrogens with zero attached hydrogens (tertiary/aromatic N) is 2. The predicted octanol–water partition coefficient (Wildman–Crippen LogP) is 2.69. The summed E-state index contributed by atoms with van der Waals surface area (Å²) in [7, 11) is 1.27. The van der Waals surface area contributed by atoms with E-state index < -0.39 is 23.1 Å². The number of halogens is 2.